The zero-order valence-corrected chi connectivity index (χ0v) is 16.3. The molecule has 10 heteroatoms. The quantitative estimate of drug-likeness (QED) is 0.480. The van der Waals surface area contributed by atoms with Crippen molar-refractivity contribution < 1.29 is 14.3 Å². The normalized spacial score (nSPS) is 20.7. The van der Waals surface area contributed by atoms with E-state index in [9.17, 15) is 9.59 Å². The van der Waals surface area contributed by atoms with Crippen molar-refractivity contribution in [3.05, 3.63) is 0 Å². The topological polar surface area (TPSA) is 105 Å². The summed E-state index contributed by atoms with van der Waals surface area (Å²) in [7, 11) is 0. The molecule has 3 amide bonds. The lowest BCUT2D eigenvalue weighted by molar-refractivity contribution is -0.119. The van der Waals surface area contributed by atoms with Gasteiger partial charge < -0.3 is 15.4 Å². The number of nitrogens with one attached hydrogen (secondary N) is 3. The fourth-order valence-corrected chi connectivity index (χ4v) is 4.67. The van der Waals surface area contributed by atoms with Crippen molar-refractivity contribution >= 4 is 40.2 Å². The van der Waals surface area contributed by atoms with Crippen LogP contribution >= 0.6 is 23.1 Å². The number of carbonyl (C=O) groups is 2. The standard InChI is InChI=1S/C16H25N5O3S2/c22-13(17-9-12-7-4-8-24-12)10-25-16-21-20-15(26-16)19-14(23)18-11-5-2-1-3-6-11/h11-12H,1-10H2,(H,17,22)(H2,18,19,20,23). The van der Waals surface area contributed by atoms with Gasteiger partial charge in [-0.05, 0) is 25.7 Å². The molecule has 3 N–H and O–H groups in total. The zero-order chi connectivity index (χ0) is 18.2. The summed E-state index contributed by atoms with van der Waals surface area (Å²) in [5.41, 5.74) is 0. The van der Waals surface area contributed by atoms with Crippen molar-refractivity contribution in [1.82, 2.24) is 20.8 Å². The second-order valence-corrected chi connectivity index (χ2v) is 8.73. The fourth-order valence-electron chi connectivity index (χ4n) is 3.10. The van der Waals surface area contributed by atoms with E-state index in [1.54, 1.807) is 0 Å². The number of aromatic nitrogens is 2. The number of amides is 3. The minimum Gasteiger partial charge on any atom is -0.376 e. The predicted octanol–water partition coefficient (Wildman–Crippen LogP) is 2.38. The monoisotopic (exact) mass is 399 g/mol. The molecule has 3 rings (SSSR count). The predicted molar refractivity (Wildman–Crippen MR) is 102 cm³/mol. The summed E-state index contributed by atoms with van der Waals surface area (Å²) < 4.78 is 6.13. The van der Waals surface area contributed by atoms with Gasteiger partial charge in [0.1, 0.15) is 0 Å². The number of anilines is 1. The first kappa shape index (κ1) is 19.4. The Kier molecular flexibility index (Phi) is 7.51. The van der Waals surface area contributed by atoms with Gasteiger partial charge in [0, 0.05) is 19.2 Å². The van der Waals surface area contributed by atoms with Crippen LogP contribution in [0, 0.1) is 0 Å². The maximum atomic E-state index is 12.0. The third-order valence-corrected chi connectivity index (χ3v) is 6.42. The molecule has 144 valence electrons. The first-order valence-electron chi connectivity index (χ1n) is 9.11. The summed E-state index contributed by atoms with van der Waals surface area (Å²) >= 11 is 2.59. The van der Waals surface area contributed by atoms with Gasteiger partial charge in [-0.2, -0.15) is 0 Å². The van der Waals surface area contributed by atoms with Gasteiger partial charge in [0.2, 0.25) is 11.0 Å². The van der Waals surface area contributed by atoms with Crippen LogP contribution in [0.4, 0.5) is 9.93 Å². The highest BCUT2D eigenvalue weighted by molar-refractivity contribution is 8.01. The van der Waals surface area contributed by atoms with E-state index >= 15 is 0 Å². The molecule has 26 heavy (non-hydrogen) atoms. The molecule has 1 saturated carbocycles. The molecule has 0 aromatic carbocycles. The summed E-state index contributed by atoms with van der Waals surface area (Å²) in [5, 5.41) is 17.0. The molecule has 1 saturated heterocycles. The van der Waals surface area contributed by atoms with Crippen molar-refractivity contribution in [2.75, 3.05) is 24.2 Å². The van der Waals surface area contributed by atoms with Crippen LogP contribution in [0.25, 0.3) is 0 Å². The van der Waals surface area contributed by atoms with Gasteiger partial charge in [0.25, 0.3) is 0 Å². The Morgan fingerprint density at radius 1 is 1.15 bits per heavy atom. The van der Waals surface area contributed by atoms with Gasteiger partial charge in [-0.3, -0.25) is 10.1 Å². The van der Waals surface area contributed by atoms with Crippen LogP contribution in [0.5, 0.6) is 0 Å². The van der Waals surface area contributed by atoms with Crippen molar-refractivity contribution in [3.63, 3.8) is 0 Å². The molecule has 1 atom stereocenters. The van der Waals surface area contributed by atoms with Crippen LogP contribution in [0.3, 0.4) is 0 Å². The van der Waals surface area contributed by atoms with Crippen LogP contribution in [0.15, 0.2) is 4.34 Å². The number of hydrogen-bond donors (Lipinski definition) is 3. The molecule has 1 aliphatic carbocycles. The van der Waals surface area contributed by atoms with Gasteiger partial charge in [0.05, 0.1) is 11.9 Å². The average molecular weight is 400 g/mol. The molecule has 1 unspecified atom stereocenters. The third-order valence-electron chi connectivity index (χ3n) is 4.44. The summed E-state index contributed by atoms with van der Waals surface area (Å²) in [5.74, 6) is 0.223. The SMILES string of the molecule is O=C(CSc1nnc(NC(=O)NC2CCCCC2)s1)NCC1CCCO1. The van der Waals surface area contributed by atoms with E-state index in [0.29, 0.717) is 16.0 Å². The average Bonchev–Trinajstić information content (AvgIpc) is 3.31. The number of urea groups is 1. The van der Waals surface area contributed by atoms with E-state index in [2.05, 4.69) is 26.1 Å². The molecule has 0 spiro atoms. The van der Waals surface area contributed by atoms with Crippen molar-refractivity contribution in [2.24, 2.45) is 0 Å². The first-order chi connectivity index (χ1) is 12.7. The Labute approximate surface area is 161 Å². The van der Waals surface area contributed by atoms with E-state index in [1.165, 1.54) is 42.4 Å². The van der Waals surface area contributed by atoms with Gasteiger partial charge in [-0.15, -0.1) is 10.2 Å². The van der Waals surface area contributed by atoms with Crippen molar-refractivity contribution in [3.8, 4) is 0 Å². The number of ether oxygens (including phenoxy) is 1. The number of hydrogen-bond acceptors (Lipinski definition) is 7. The van der Waals surface area contributed by atoms with Crippen LogP contribution in [-0.2, 0) is 9.53 Å². The summed E-state index contributed by atoms with van der Waals surface area (Å²) in [6.45, 7) is 1.34. The van der Waals surface area contributed by atoms with Crippen LogP contribution in [0.1, 0.15) is 44.9 Å². The van der Waals surface area contributed by atoms with Crippen LogP contribution < -0.4 is 16.0 Å². The van der Waals surface area contributed by atoms with Gasteiger partial charge in [0.15, 0.2) is 4.34 Å². The highest BCUT2D eigenvalue weighted by atomic mass is 32.2. The summed E-state index contributed by atoms with van der Waals surface area (Å²) in [4.78, 5) is 23.9. The van der Waals surface area contributed by atoms with Gasteiger partial charge in [-0.1, -0.05) is 42.4 Å². The molecule has 8 nitrogen and oxygen atoms in total. The van der Waals surface area contributed by atoms with E-state index in [-0.39, 0.29) is 29.8 Å². The van der Waals surface area contributed by atoms with Crippen LogP contribution in [-0.4, -0.2) is 53.2 Å². The lowest BCUT2D eigenvalue weighted by Crippen LogP contribution is -2.38. The Morgan fingerprint density at radius 3 is 2.77 bits per heavy atom. The second kappa shape index (κ2) is 10.1. The molecule has 1 aromatic heterocycles. The zero-order valence-electron chi connectivity index (χ0n) is 14.7. The van der Waals surface area contributed by atoms with E-state index < -0.39 is 0 Å². The van der Waals surface area contributed by atoms with Crippen molar-refractivity contribution in [2.45, 2.75) is 61.4 Å². The Balaban J connectivity index is 1.34. The number of thioether (sulfide) groups is 1. The van der Waals surface area contributed by atoms with E-state index in [0.717, 1.165) is 32.3 Å². The molecular formula is C16H25N5O3S2. The maximum absolute atomic E-state index is 12.0. The molecule has 2 fully saturated rings. The molecule has 0 radical (unpaired) electrons. The largest absolute Gasteiger partial charge is 0.376 e. The van der Waals surface area contributed by atoms with Gasteiger partial charge in [-0.25, -0.2) is 4.79 Å². The molecule has 2 aliphatic rings. The molecule has 1 aromatic rings. The Hall–Kier alpha value is -1.39. The fraction of sp³-hybridized carbons (Fsp3) is 0.750. The smallest absolute Gasteiger partial charge is 0.321 e. The van der Waals surface area contributed by atoms with Crippen LogP contribution in [0.2, 0.25) is 0 Å². The molecule has 1 aliphatic heterocycles. The Bertz CT molecular complexity index is 600. The number of nitrogens with zero attached hydrogens (tertiary/aromatic N) is 2. The third kappa shape index (κ3) is 6.40. The van der Waals surface area contributed by atoms with Gasteiger partial charge >= 0.3 is 6.03 Å². The lowest BCUT2D eigenvalue weighted by atomic mass is 9.96. The second-order valence-electron chi connectivity index (χ2n) is 6.53. The minimum absolute atomic E-state index is 0.0507. The Morgan fingerprint density at radius 2 is 2.00 bits per heavy atom. The highest BCUT2D eigenvalue weighted by Crippen LogP contribution is 2.25. The summed E-state index contributed by atoms with van der Waals surface area (Å²) in [6.07, 6.45) is 7.85. The molecular weight excluding hydrogens is 374 g/mol. The van der Waals surface area contributed by atoms with E-state index in [4.69, 9.17) is 4.74 Å². The lowest BCUT2D eigenvalue weighted by Gasteiger charge is -2.22. The summed E-state index contributed by atoms with van der Waals surface area (Å²) in [6, 6.07) is 0.0111. The van der Waals surface area contributed by atoms with E-state index in [1.807, 2.05) is 0 Å². The number of rotatable bonds is 7. The maximum Gasteiger partial charge on any atom is 0.321 e. The molecule has 0 bridgehead atoms. The minimum atomic E-state index is -0.237. The first-order valence-corrected chi connectivity index (χ1v) is 10.9. The number of carbonyl (C=O) groups excluding carboxylic acids is 2. The van der Waals surface area contributed by atoms with Crippen molar-refractivity contribution in [1.29, 1.82) is 0 Å². The molecule has 2 heterocycles. The highest BCUT2D eigenvalue weighted by Gasteiger charge is 2.18.